The van der Waals surface area contributed by atoms with Gasteiger partial charge in [0.15, 0.2) is 0 Å². The number of nitrogens with zero attached hydrogens (tertiary/aromatic N) is 2. The number of benzene rings is 9. The van der Waals surface area contributed by atoms with Gasteiger partial charge < -0.3 is 9.80 Å². The Morgan fingerprint density at radius 2 is 0.900 bits per heavy atom. The van der Waals surface area contributed by atoms with Crippen molar-refractivity contribution in [3.05, 3.63) is 264 Å². The summed E-state index contributed by atoms with van der Waals surface area (Å²) < 4.78 is 0. The van der Waals surface area contributed by atoms with Crippen molar-refractivity contribution >= 4 is 34.1 Å². The van der Waals surface area contributed by atoms with Crippen LogP contribution in [0.1, 0.15) is 47.2 Å². The van der Waals surface area contributed by atoms with Crippen LogP contribution in [-0.4, -0.2) is 0 Å². The normalized spacial score (nSPS) is 14.1. The van der Waals surface area contributed by atoms with Crippen LogP contribution in [0.5, 0.6) is 0 Å². The molecular weight excluding hydrogens is 725 g/mol. The van der Waals surface area contributed by atoms with Crippen LogP contribution in [-0.2, 0) is 10.8 Å². The van der Waals surface area contributed by atoms with Gasteiger partial charge in [-0.2, -0.15) is 0 Å². The topological polar surface area (TPSA) is 6.48 Å². The first kappa shape index (κ1) is 35.7. The molecule has 1 aliphatic heterocycles. The molecule has 60 heavy (non-hydrogen) atoms. The number of anilines is 6. The fourth-order valence-corrected chi connectivity index (χ4v) is 10.2. The van der Waals surface area contributed by atoms with Crippen LogP contribution >= 0.6 is 0 Å². The second-order valence-corrected chi connectivity index (χ2v) is 16.5. The zero-order valence-electron chi connectivity index (χ0n) is 33.8. The third-order valence-corrected chi connectivity index (χ3v) is 12.9. The van der Waals surface area contributed by atoms with Gasteiger partial charge in [0.1, 0.15) is 0 Å². The minimum absolute atomic E-state index is 0.122. The molecule has 11 rings (SSSR count). The molecule has 0 radical (unpaired) electrons. The summed E-state index contributed by atoms with van der Waals surface area (Å²) in [5, 5.41) is 0. The van der Waals surface area contributed by atoms with Crippen molar-refractivity contribution in [3.8, 4) is 22.3 Å². The summed E-state index contributed by atoms with van der Waals surface area (Å²) in [6.07, 6.45) is 0. The van der Waals surface area contributed by atoms with Gasteiger partial charge in [-0.1, -0.05) is 190 Å². The Kier molecular flexibility index (Phi) is 8.42. The first-order valence-corrected chi connectivity index (χ1v) is 20.9. The lowest BCUT2D eigenvalue weighted by molar-refractivity contribution is 0.660. The molecule has 2 heteroatoms. The Morgan fingerprint density at radius 3 is 1.60 bits per heavy atom. The number of hydrogen-bond donors (Lipinski definition) is 0. The predicted octanol–water partition coefficient (Wildman–Crippen LogP) is 15.3. The lowest BCUT2D eigenvalue weighted by atomic mass is 9.62. The molecule has 2 aliphatic rings. The summed E-state index contributed by atoms with van der Waals surface area (Å²) in [5.74, 6) is 0. The zero-order valence-corrected chi connectivity index (χ0v) is 33.8. The first-order valence-electron chi connectivity index (χ1n) is 20.9. The van der Waals surface area contributed by atoms with Crippen LogP contribution in [0.2, 0.25) is 0 Å². The summed E-state index contributed by atoms with van der Waals surface area (Å²) in [4.78, 5) is 4.91. The standard InChI is InChI=1S/C58H44N2/c1-57(2)50-31-17-15-30-48(50)49-37-36-46(40-53(49)57)59(44-25-11-5-12-26-44)54-33-19-16-29-47(54)41-35-38-52-56(39-41)60(45-27-13-6-14-28-45)55-34-20-18-32-51(55)58(52,42-21-7-3-8-22-42)43-23-9-4-10-24-43/h3-40H,1-2H3. The maximum absolute atomic E-state index is 2.47. The highest BCUT2D eigenvalue weighted by molar-refractivity contribution is 5.95. The predicted molar refractivity (Wildman–Crippen MR) is 251 cm³/mol. The zero-order chi connectivity index (χ0) is 40.3. The molecule has 0 bridgehead atoms. The lowest BCUT2D eigenvalue weighted by Gasteiger charge is -2.46. The highest BCUT2D eigenvalue weighted by Gasteiger charge is 2.46. The largest absolute Gasteiger partial charge is 0.310 e. The van der Waals surface area contributed by atoms with E-state index in [2.05, 4.69) is 254 Å². The molecule has 1 aliphatic carbocycles. The monoisotopic (exact) mass is 768 g/mol. The summed E-state index contributed by atoms with van der Waals surface area (Å²) in [6.45, 7) is 4.72. The molecule has 0 atom stereocenters. The quantitative estimate of drug-likeness (QED) is 0.159. The van der Waals surface area contributed by atoms with Crippen LogP contribution in [0, 0.1) is 0 Å². The van der Waals surface area contributed by atoms with Gasteiger partial charge in [-0.15, -0.1) is 0 Å². The average molecular weight is 769 g/mol. The van der Waals surface area contributed by atoms with E-state index in [1.165, 1.54) is 50.2 Å². The number of para-hydroxylation sites is 4. The van der Waals surface area contributed by atoms with Crippen molar-refractivity contribution in [2.24, 2.45) is 0 Å². The van der Waals surface area contributed by atoms with Crippen LogP contribution in [0.25, 0.3) is 22.3 Å². The molecule has 0 unspecified atom stereocenters. The highest BCUT2D eigenvalue weighted by atomic mass is 15.2. The van der Waals surface area contributed by atoms with Gasteiger partial charge >= 0.3 is 0 Å². The van der Waals surface area contributed by atoms with E-state index < -0.39 is 5.41 Å². The molecule has 0 N–H and O–H groups in total. The van der Waals surface area contributed by atoms with E-state index in [1.807, 2.05) is 0 Å². The maximum Gasteiger partial charge on any atom is 0.0742 e. The minimum Gasteiger partial charge on any atom is -0.310 e. The van der Waals surface area contributed by atoms with Crippen LogP contribution in [0.15, 0.2) is 231 Å². The molecule has 0 aromatic heterocycles. The van der Waals surface area contributed by atoms with Gasteiger partial charge in [0.25, 0.3) is 0 Å². The molecule has 1 heterocycles. The fourth-order valence-electron chi connectivity index (χ4n) is 10.2. The maximum atomic E-state index is 2.47. The molecule has 0 amide bonds. The Hall–Kier alpha value is -7.42. The second-order valence-electron chi connectivity index (χ2n) is 16.5. The van der Waals surface area contributed by atoms with Crippen molar-refractivity contribution < 1.29 is 0 Å². The van der Waals surface area contributed by atoms with E-state index in [-0.39, 0.29) is 5.41 Å². The summed E-state index contributed by atoms with van der Waals surface area (Å²) in [7, 11) is 0. The molecule has 9 aromatic rings. The van der Waals surface area contributed by atoms with Crippen molar-refractivity contribution in [2.45, 2.75) is 24.7 Å². The van der Waals surface area contributed by atoms with E-state index in [0.29, 0.717) is 0 Å². The molecule has 2 nitrogen and oxygen atoms in total. The van der Waals surface area contributed by atoms with E-state index >= 15 is 0 Å². The van der Waals surface area contributed by atoms with Crippen LogP contribution < -0.4 is 9.80 Å². The molecular formula is C58H44N2. The van der Waals surface area contributed by atoms with Gasteiger partial charge in [-0.25, -0.2) is 0 Å². The molecule has 0 spiro atoms. The van der Waals surface area contributed by atoms with E-state index in [4.69, 9.17) is 0 Å². The molecule has 286 valence electrons. The first-order chi connectivity index (χ1) is 29.5. The lowest BCUT2D eigenvalue weighted by Crippen LogP contribution is -2.37. The average Bonchev–Trinajstić information content (AvgIpc) is 3.54. The van der Waals surface area contributed by atoms with Crippen LogP contribution in [0.4, 0.5) is 34.1 Å². The summed E-state index contributed by atoms with van der Waals surface area (Å²) >= 11 is 0. The molecule has 9 aromatic carbocycles. The Morgan fingerprint density at radius 1 is 0.367 bits per heavy atom. The van der Waals surface area contributed by atoms with Gasteiger partial charge in [-0.3, -0.25) is 0 Å². The molecule has 0 fully saturated rings. The van der Waals surface area contributed by atoms with Crippen molar-refractivity contribution in [1.29, 1.82) is 0 Å². The number of rotatable bonds is 7. The summed E-state index contributed by atoms with van der Waals surface area (Å²) in [5.41, 5.74) is 18.8. The second kappa shape index (κ2) is 14.1. The van der Waals surface area contributed by atoms with Gasteiger partial charge in [0, 0.05) is 28.0 Å². The molecule has 0 saturated carbocycles. The minimum atomic E-state index is -0.567. The van der Waals surface area contributed by atoms with E-state index in [9.17, 15) is 0 Å². The third-order valence-electron chi connectivity index (χ3n) is 12.9. The van der Waals surface area contributed by atoms with Crippen molar-refractivity contribution in [2.75, 3.05) is 9.80 Å². The smallest absolute Gasteiger partial charge is 0.0742 e. The molecule has 0 saturated heterocycles. The van der Waals surface area contributed by atoms with E-state index in [1.54, 1.807) is 0 Å². The highest BCUT2D eigenvalue weighted by Crippen LogP contribution is 2.59. The van der Waals surface area contributed by atoms with Crippen molar-refractivity contribution in [3.63, 3.8) is 0 Å². The van der Waals surface area contributed by atoms with Gasteiger partial charge in [0.05, 0.1) is 22.5 Å². The van der Waals surface area contributed by atoms with Gasteiger partial charge in [-0.05, 0) is 105 Å². The number of hydrogen-bond acceptors (Lipinski definition) is 2. The fraction of sp³-hybridized carbons (Fsp3) is 0.0690. The Bertz CT molecular complexity index is 2970. The van der Waals surface area contributed by atoms with Gasteiger partial charge in [0.2, 0.25) is 0 Å². The van der Waals surface area contributed by atoms with E-state index in [0.717, 1.165) is 39.6 Å². The SMILES string of the molecule is CC1(C)c2ccccc2-c2ccc(N(c3ccccc3)c3ccccc3-c3ccc4c(c3)N(c3ccccc3)c3ccccc3C4(c3ccccc3)c3ccccc3)cc21. The van der Waals surface area contributed by atoms with Crippen molar-refractivity contribution in [1.82, 2.24) is 0 Å². The summed E-state index contributed by atoms with van der Waals surface area (Å²) in [6, 6.07) is 84.8. The third kappa shape index (κ3) is 5.41. The van der Waals surface area contributed by atoms with Crippen LogP contribution in [0.3, 0.4) is 0 Å². The Balaban J connectivity index is 1.16. The number of fused-ring (bicyclic) bond motifs is 5. The Labute approximate surface area is 353 Å².